The van der Waals surface area contributed by atoms with E-state index in [9.17, 15) is 0 Å². The van der Waals surface area contributed by atoms with Gasteiger partial charge in [0.25, 0.3) is 0 Å². The average molecular weight is 1920 g/mol. The molecule has 25 aromatic carbocycles. The van der Waals surface area contributed by atoms with Crippen molar-refractivity contribution in [2.75, 3.05) is 14.7 Å². The zero-order valence-electron chi connectivity index (χ0n) is 80.9. The molecule has 0 N–H and O–H groups in total. The van der Waals surface area contributed by atoms with Crippen molar-refractivity contribution in [1.82, 2.24) is 0 Å². The van der Waals surface area contributed by atoms with Gasteiger partial charge in [0, 0.05) is 85.5 Å². The van der Waals surface area contributed by atoms with Gasteiger partial charge in [-0.1, -0.05) is 431 Å². The summed E-state index contributed by atoms with van der Waals surface area (Å²) >= 11 is 3.71. The highest BCUT2D eigenvalue weighted by Gasteiger charge is 2.25. The lowest BCUT2D eigenvalue weighted by Gasteiger charge is -2.27. The molecule has 0 bridgehead atoms. The van der Waals surface area contributed by atoms with Gasteiger partial charge in [-0.2, -0.15) is 0 Å². The number of furan rings is 1. The summed E-state index contributed by atoms with van der Waals surface area (Å²) in [5.74, 6) is 0. The SMILES string of the molecule is c1ccc(-c2ccc(N(c3ccc(-c4ccc5c(-c6ccccc6)cccc5c4)cc3)c3cccc4oc5ccccc5c34)cc2)cc1.c1ccc(-c2ccc(N(c3ccc(-c4ccc5c(-c6ccccc6)cccc5c4)cc3)c3cccc4sc5ccccc5c34)cc2)cc1.c1ccc(-c2cccc3cc(-c4ccc(N(c5ccc(-c6cccc7ccccc67)cc5)c5ccc6c(c5)sc5ccccc56)cc4)ccc23)cc1. The quantitative estimate of drug-likeness (QED) is 0.0854. The minimum atomic E-state index is 0.877. The molecular weight excluding hydrogens is 1830 g/mol. The van der Waals surface area contributed by atoms with Crippen molar-refractivity contribution >= 4 is 179 Å². The Morgan fingerprint density at radius 3 is 0.845 bits per heavy atom. The fraction of sp³-hybridized carbons (Fsp3) is 0. The van der Waals surface area contributed by atoms with E-state index in [4.69, 9.17) is 4.42 Å². The molecule has 3 aromatic heterocycles. The Morgan fingerprint density at radius 2 is 0.399 bits per heavy atom. The van der Waals surface area contributed by atoms with E-state index in [-0.39, 0.29) is 0 Å². The fourth-order valence-electron chi connectivity index (χ4n) is 21.6. The van der Waals surface area contributed by atoms with Crippen LogP contribution in [0.3, 0.4) is 0 Å². The molecule has 0 spiro atoms. The molecule has 0 aliphatic carbocycles. The van der Waals surface area contributed by atoms with Crippen LogP contribution in [0.2, 0.25) is 0 Å². The van der Waals surface area contributed by atoms with E-state index in [1.165, 1.54) is 189 Å². The van der Waals surface area contributed by atoms with Crippen molar-refractivity contribution in [2.24, 2.45) is 0 Å². The molecular formula is C142H95N3OS2. The van der Waals surface area contributed by atoms with Gasteiger partial charge in [-0.3, -0.25) is 0 Å². The average Bonchev–Trinajstić information content (AvgIpc) is 1.52. The maximum absolute atomic E-state index is 6.31. The number of nitrogens with zero attached hydrogens (tertiary/aromatic N) is 3. The van der Waals surface area contributed by atoms with Gasteiger partial charge in [-0.05, 0) is 289 Å². The van der Waals surface area contributed by atoms with E-state index in [1.54, 1.807) is 0 Å². The maximum Gasteiger partial charge on any atom is 0.137 e. The summed E-state index contributed by atoms with van der Waals surface area (Å²) < 4.78 is 11.5. The summed E-state index contributed by atoms with van der Waals surface area (Å²) in [5, 5.41) is 17.5. The minimum absolute atomic E-state index is 0.877. The first-order chi connectivity index (χ1) is 73.4. The Hall–Kier alpha value is -18.8. The molecule has 28 aromatic rings. The van der Waals surface area contributed by atoms with Crippen LogP contribution >= 0.6 is 22.7 Å². The van der Waals surface area contributed by atoms with E-state index in [1.807, 2.05) is 34.8 Å². The molecule has 0 saturated heterocycles. The Morgan fingerprint density at radius 1 is 0.135 bits per heavy atom. The predicted octanol–water partition coefficient (Wildman–Crippen LogP) is 41.7. The van der Waals surface area contributed by atoms with Crippen LogP contribution in [0, 0.1) is 0 Å². The summed E-state index contributed by atoms with van der Waals surface area (Å²) in [7, 11) is 0. The van der Waals surface area contributed by atoms with Crippen molar-refractivity contribution in [2.45, 2.75) is 0 Å². The molecule has 0 aliphatic heterocycles. The number of hydrogen-bond acceptors (Lipinski definition) is 6. The molecule has 0 aliphatic rings. The number of fused-ring (bicyclic) bond motifs is 13. The van der Waals surface area contributed by atoms with Crippen molar-refractivity contribution < 1.29 is 4.42 Å². The predicted molar refractivity (Wildman–Crippen MR) is 635 cm³/mol. The summed E-state index contributed by atoms with van der Waals surface area (Å²) in [6.07, 6.45) is 0. The van der Waals surface area contributed by atoms with Gasteiger partial charge >= 0.3 is 0 Å². The number of thiophene rings is 2. The van der Waals surface area contributed by atoms with Crippen molar-refractivity contribution in [3.8, 4) is 100 Å². The molecule has 3 heterocycles. The molecule has 0 amide bonds. The van der Waals surface area contributed by atoms with E-state index in [0.717, 1.165) is 67.4 Å². The van der Waals surface area contributed by atoms with Gasteiger partial charge < -0.3 is 19.1 Å². The van der Waals surface area contributed by atoms with Crippen LogP contribution in [0.1, 0.15) is 0 Å². The Balaban J connectivity index is 0.000000112. The maximum atomic E-state index is 6.31. The highest BCUT2D eigenvalue weighted by Crippen LogP contribution is 2.50. The summed E-state index contributed by atoms with van der Waals surface area (Å²) in [4.78, 5) is 7.13. The molecule has 0 saturated carbocycles. The normalized spacial score (nSPS) is 11.4. The zero-order chi connectivity index (χ0) is 98.2. The minimum Gasteiger partial charge on any atom is -0.456 e. The number of hydrogen-bond donors (Lipinski definition) is 0. The van der Waals surface area contributed by atoms with Crippen molar-refractivity contribution in [1.29, 1.82) is 0 Å². The first-order valence-corrected chi connectivity index (χ1v) is 52.1. The molecule has 0 atom stereocenters. The Labute approximate surface area is 868 Å². The fourth-order valence-corrected chi connectivity index (χ4v) is 23.8. The third kappa shape index (κ3) is 17.4. The topological polar surface area (TPSA) is 22.9 Å². The van der Waals surface area contributed by atoms with Crippen LogP contribution in [0.25, 0.3) is 206 Å². The van der Waals surface area contributed by atoms with Gasteiger partial charge in [0.1, 0.15) is 11.2 Å². The second kappa shape index (κ2) is 39.5. The third-order valence-corrected chi connectivity index (χ3v) is 31.1. The summed E-state index contributed by atoms with van der Waals surface area (Å²) in [5.41, 5.74) is 33.8. The van der Waals surface area contributed by atoms with Crippen molar-refractivity contribution in [3.63, 3.8) is 0 Å². The first kappa shape index (κ1) is 89.3. The van der Waals surface area contributed by atoms with E-state index < -0.39 is 0 Å². The molecule has 0 unspecified atom stereocenters. The van der Waals surface area contributed by atoms with Crippen LogP contribution in [0.5, 0.6) is 0 Å². The molecule has 148 heavy (non-hydrogen) atoms. The highest BCUT2D eigenvalue weighted by molar-refractivity contribution is 7.26. The van der Waals surface area contributed by atoms with Crippen LogP contribution in [0.4, 0.5) is 51.2 Å². The van der Waals surface area contributed by atoms with E-state index in [2.05, 4.69) is 579 Å². The van der Waals surface area contributed by atoms with Gasteiger partial charge in [0.2, 0.25) is 0 Å². The van der Waals surface area contributed by atoms with Gasteiger partial charge in [0.05, 0.1) is 16.8 Å². The lowest BCUT2D eigenvalue weighted by atomic mass is 9.95. The largest absolute Gasteiger partial charge is 0.456 e. The summed E-state index contributed by atoms with van der Waals surface area (Å²) in [6, 6.07) is 208. The van der Waals surface area contributed by atoms with Gasteiger partial charge in [-0.15, -0.1) is 22.7 Å². The monoisotopic (exact) mass is 1920 g/mol. The number of para-hydroxylation sites is 1. The highest BCUT2D eigenvalue weighted by atomic mass is 32.1. The second-order valence-electron chi connectivity index (χ2n) is 37.6. The Bertz CT molecular complexity index is 9370. The van der Waals surface area contributed by atoms with Gasteiger partial charge in [-0.25, -0.2) is 0 Å². The van der Waals surface area contributed by atoms with Gasteiger partial charge in [0.15, 0.2) is 0 Å². The number of anilines is 9. The molecule has 4 nitrogen and oxygen atoms in total. The molecule has 0 fully saturated rings. The Kier molecular flexibility index (Phi) is 23.8. The van der Waals surface area contributed by atoms with Crippen LogP contribution < -0.4 is 14.7 Å². The third-order valence-electron chi connectivity index (χ3n) is 28.8. The molecule has 0 radical (unpaired) electrons. The summed E-state index contributed by atoms with van der Waals surface area (Å²) in [6.45, 7) is 0. The van der Waals surface area contributed by atoms with Crippen LogP contribution in [-0.4, -0.2) is 0 Å². The number of benzene rings is 25. The first-order valence-electron chi connectivity index (χ1n) is 50.4. The lowest BCUT2D eigenvalue weighted by Crippen LogP contribution is -2.10. The molecule has 6 heteroatoms. The lowest BCUT2D eigenvalue weighted by molar-refractivity contribution is 0.669. The molecule has 28 rings (SSSR count). The number of rotatable bonds is 18. The van der Waals surface area contributed by atoms with E-state index in [0.29, 0.717) is 0 Å². The van der Waals surface area contributed by atoms with Crippen LogP contribution in [-0.2, 0) is 0 Å². The standard InChI is InChI=1S/C50H33NS.C46H31NO.C46H31NS/c1-2-10-35(11-3-1)44-18-9-14-39-32-38(24-30-46(39)44)34-20-25-40(26-21-34)51(42-29-31-48-47-16-6-7-19-49(47)52-50(48)33-42)41-27-22-37(23-28-41)45-17-8-13-36-12-4-5-15-43(36)45;2*1-3-11-32(12-4-1)33-21-26-38(27-22-33)47(43-18-10-20-45-46(43)42-16-7-8-19-44(42)48-45)39-28-23-34(24-29-39)36-25-30-41-37(31-36)15-9-17-40(41)35-13-5-2-6-14-35/h1-33H;2*1-31H. The van der Waals surface area contributed by atoms with E-state index >= 15 is 0 Å². The van der Waals surface area contributed by atoms with Crippen molar-refractivity contribution in [3.05, 3.63) is 576 Å². The zero-order valence-corrected chi connectivity index (χ0v) is 82.5. The molecule has 696 valence electrons. The van der Waals surface area contributed by atoms with Crippen LogP contribution in [0.15, 0.2) is 581 Å². The second-order valence-corrected chi connectivity index (χ2v) is 39.8. The smallest absolute Gasteiger partial charge is 0.137 e.